The minimum absolute atomic E-state index is 0.0264. The van der Waals surface area contributed by atoms with Gasteiger partial charge in [0.1, 0.15) is 0 Å². The molecule has 1 unspecified atom stereocenters. The van der Waals surface area contributed by atoms with Gasteiger partial charge in [-0.05, 0) is 18.6 Å². The molecule has 0 aliphatic carbocycles. The lowest BCUT2D eigenvalue weighted by atomic mass is 10.2. The molecule has 1 aromatic carbocycles. The molecule has 0 fully saturated rings. The second-order valence-corrected chi connectivity index (χ2v) is 3.84. The molecule has 1 atom stereocenters. The number of fused-ring (bicyclic) bond motifs is 1. The number of benzene rings is 1. The van der Waals surface area contributed by atoms with Gasteiger partial charge >= 0.3 is 0 Å². The first kappa shape index (κ1) is 11.9. The highest BCUT2D eigenvalue weighted by Gasteiger charge is 2.13. The smallest absolute Gasteiger partial charge is 0.177 e. The van der Waals surface area contributed by atoms with Gasteiger partial charge < -0.3 is 19.7 Å². The van der Waals surface area contributed by atoms with Gasteiger partial charge in [0, 0.05) is 13.7 Å². The Morgan fingerprint density at radius 1 is 1.47 bits per heavy atom. The van der Waals surface area contributed by atoms with Crippen molar-refractivity contribution in [3.63, 3.8) is 0 Å². The van der Waals surface area contributed by atoms with Crippen molar-refractivity contribution in [1.82, 2.24) is 5.16 Å². The minimum atomic E-state index is 0.0264. The fourth-order valence-electron chi connectivity index (χ4n) is 1.74. The van der Waals surface area contributed by atoms with E-state index < -0.39 is 0 Å². The van der Waals surface area contributed by atoms with E-state index in [9.17, 15) is 0 Å². The average molecular weight is 236 g/mol. The van der Waals surface area contributed by atoms with Crippen molar-refractivity contribution in [2.24, 2.45) is 0 Å². The molecule has 0 bridgehead atoms. The predicted molar refractivity (Wildman–Crippen MR) is 65.0 cm³/mol. The van der Waals surface area contributed by atoms with Crippen molar-refractivity contribution >= 4 is 16.8 Å². The van der Waals surface area contributed by atoms with E-state index in [1.54, 1.807) is 7.11 Å². The van der Waals surface area contributed by atoms with Crippen LogP contribution in [0, 0.1) is 0 Å². The molecule has 2 rings (SSSR count). The summed E-state index contributed by atoms with van der Waals surface area (Å²) < 4.78 is 10.3. The number of aromatic nitrogens is 1. The SMILES string of the molecule is COCC(CCO)Nc1noc2ccccc12. The standard InChI is InChI=1S/C12H16N2O3/c1-16-8-9(6-7-15)13-12-10-4-2-3-5-11(10)17-14-12/h2-5,9,15H,6-8H2,1H3,(H,13,14). The van der Waals surface area contributed by atoms with Crippen molar-refractivity contribution < 1.29 is 14.4 Å². The topological polar surface area (TPSA) is 67.5 Å². The third kappa shape index (κ3) is 2.75. The molecule has 2 aromatic rings. The number of ether oxygens (including phenoxy) is 1. The molecule has 5 heteroatoms. The van der Waals surface area contributed by atoms with Crippen LogP contribution >= 0.6 is 0 Å². The van der Waals surface area contributed by atoms with E-state index in [2.05, 4.69) is 10.5 Å². The van der Waals surface area contributed by atoms with E-state index in [4.69, 9.17) is 14.4 Å². The molecule has 0 aliphatic rings. The van der Waals surface area contributed by atoms with E-state index in [-0.39, 0.29) is 12.6 Å². The summed E-state index contributed by atoms with van der Waals surface area (Å²) in [5.41, 5.74) is 0.746. The van der Waals surface area contributed by atoms with Gasteiger partial charge in [0.05, 0.1) is 18.0 Å². The maximum atomic E-state index is 8.97. The van der Waals surface area contributed by atoms with Crippen molar-refractivity contribution in [1.29, 1.82) is 0 Å². The summed E-state index contributed by atoms with van der Waals surface area (Å²) in [4.78, 5) is 0. The lowest BCUT2D eigenvalue weighted by molar-refractivity contribution is 0.170. The molecule has 17 heavy (non-hydrogen) atoms. The highest BCUT2D eigenvalue weighted by Crippen LogP contribution is 2.22. The molecule has 2 N–H and O–H groups in total. The highest BCUT2D eigenvalue weighted by molar-refractivity contribution is 5.87. The van der Waals surface area contributed by atoms with Crippen LogP contribution in [-0.4, -0.2) is 36.6 Å². The monoisotopic (exact) mass is 236 g/mol. The third-order valence-electron chi connectivity index (χ3n) is 2.56. The maximum absolute atomic E-state index is 8.97. The Morgan fingerprint density at radius 2 is 2.29 bits per heavy atom. The summed E-state index contributed by atoms with van der Waals surface area (Å²) in [5.74, 6) is 0.691. The quantitative estimate of drug-likeness (QED) is 0.798. The molecule has 0 saturated heterocycles. The van der Waals surface area contributed by atoms with E-state index in [1.807, 2.05) is 24.3 Å². The summed E-state index contributed by atoms with van der Waals surface area (Å²) >= 11 is 0. The van der Waals surface area contributed by atoms with Crippen molar-refractivity contribution in [2.75, 3.05) is 25.6 Å². The zero-order chi connectivity index (χ0) is 12.1. The van der Waals surface area contributed by atoms with Crippen LogP contribution in [0.15, 0.2) is 28.8 Å². The number of hydrogen-bond acceptors (Lipinski definition) is 5. The summed E-state index contributed by atoms with van der Waals surface area (Å²) in [6.45, 7) is 0.624. The molecule has 1 aromatic heterocycles. The number of aliphatic hydroxyl groups excluding tert-OH is 1. The molecule has 0 amide bonds. The molecular formula is C12H16N2O3. The average Bonchev–Trinajstić information content (AvgIpc) is 2.74. The van der Waals surface area contributed by atoms with Gasteiger partial charge in [0.25, 0.3) is 0 Å². The molecule has 0 spiro atoms. The number of methoxy groups -OCH3 is 1. The van der Waals surface area contributed by atoms with Crippen molar-refractivity contribution in [2.45, 2.75) is 12.5 Å². The van der Waals surface area contributed by atoms with Crippen molar-refractivity contribution in [3.8, 4) is 0 Å². The first-order valence-corrected chi connectivity index (χ1v) is 5.56. The van der Waals surface area contributed by atoms with Gasteiger partial charge in [-0.2, -0.15) is 0 Å². The molecule has 92 valence electrons. The van der Waals surface area contributed by atoms with E-state index >= 15 is 0 Å². The fraction of sp³-hybridized carbons (Fsp3) is 0.417. The van der Waals surface area contributed by atoms with Gasteiger partial charge in [-0.1, -0.05) is 17.3 Å². The van der Waals surface area contributed by atoms with Crippen LogP contribution in [0.1, 0.15) is 6.42 Å². The summed E-state index contributed by atoms with van der Waals surface area (Å²) in [7, 11) is 1.63. The lowest BCUT2D eigenvalue weighted by Crippen LogP contribution is -2.26. The van der Waals surface area contributed by atoms with Crippen LogP contribution in [0.25, 0.3) is 11.0 Å². The second-order valence-electron chi connectivity index (χ2n) is 3.84. The Kier molecular flexibility index (Phi) is 3.95. The Labute approximate surface area is 99.4 Å². The van der Waals surface area contributed by atoms with Crippen LogP contribution in [0.4, 0.5) is 5.82 Å². The number of anilines is 1. The van der Waals surface area contributed by atoms with Crippen LogP contribution in [0.3, 0.4) is 0 Å². The van der Waals surface area contributed by atoms with Gasteiger partial charge in [0.15, 0.2) is 11.4 Å². The van der Waals surface area contributed by atoms with E-state index in [0.717, 1.165) is 11.0 Å². The van der Waals surface area contributed by atoms with Gasteiger partial charge in [-0.15, -0.1) is 0 Å². The first-order valence-electron chi connectivity index (χ1n) is 5.56. The zero-order valence-corrected chi connectivity index (χ0v) is 9.72. The van der Waals surface area contributed by atoms with Gasteiger partial charge in [-0.3, -0.25) is 0 Å². The number of aliphatic hydroxyl groups is 1. The van der Waals surface area contributed by atoms with Crippen LogP contribution in [-0.2, 0) is 4.74 Å². The first-order chi connectivity index (χ1) is 8.35. The molecule has 0 radical (unpaired) electrons. The Morgan fingerprint density at radius 3 is 3.06 bits per heavy atom. The van der Waals surface area contributed by atoms with E-state index in [0.29, 0.717) is 18.8 Å². The van der Waals surface area contributed by atoms with Crippen LogP contribution < -0.4 is 5.32 Å². The molecular weight excluding hydrogens is 220 g/mol. The summed E-state index contributed by atoms with van der Waals surface area (Å²) in [6, 6.07) is 7.67. The highest BCUT2D eigenvalue weighted by atomic mass is 16.5. The normalized spacial score (nSPS) is 12.8. The maximum Gasteiger partial charge on any atom is 0.177 e. The second kappa shape index (κ2) is 5.65. The fourth-order valence-corrected chi connectivity index (χ4v) is 1.74. The molecule has 0 aliphatic heterocycles. The van der Waals surface area contributed by atoms with Crippen molar-refractivity contribution in [3.05, 3.63) is 24.3 Å². The number of nitrogens with zero attached hydrogens (tertiary/aromatic N) is 1. The van der Waals surface area contributed by atoms with Gasteiger partial charge in [0.2, 0.25) is 0 Å². The number of rotatable bonds is 6. The number of hydrogen-bond donors (Lipinski definition) is 2. The summed E-state index contributed by atoms with van der Waals surface area (Å²) in [5, 5.41) is 17.1. The molecule has 5 nitrogen and oxygen atoms in total. The largest absolute Gasteiger partial charge is 0.396 e. The number of para-hydroxylation sites is 1. The third-order valence-corrected chi connectivity index (χ3v) is 2.56. The Bertz CT molecular complexity index is 463. The lowest BCUT2D eigenvalue weighted by Gasteiger charge is -2.15. The Balaban J connectivity index is 2.15. The molecule has 0 saturated carbocycles. The van der Waals surface area contributed by atoms with E-state index in [1.165, 1.54) is 0 Å². The summed E-state index contributed by atoms with van der Waals surface area (Å²) in [6.07, 6.45) is 0.606. The Hall–Kier alpha value is -1.59. The predicted octanol–water partition coefficient (Wildman–Crippen LogP) is 1.64. The van der Waals surface area contributed by atoms with Gasteiger partial charge in [-0.25, -0.2) is 0 Å². The minimum Gasteiger partial charge on any atom is -0.396 e. The number of nitrogens with one attached hydrogen (secondary N) is 1. The zero-order valence-electron chi connectivity index (χ0n) is 9.72. The van der Waals surface area contributed by atoms with Crippen LogP contribution in [0.5, 0.6) is 0 Å². The van der Waals surface area contributed by atoms with Crippen LogP contribution in [0.2, 0.25) is 0 Å². The molecule has 1 heterocycles.